The third-order valence-electron chi connectivity index (χ3n) is 2.58. The van der Waals surface area contributed by atoms with Crippen LogP contribution in [0.25, 0.3) is 5.76 Å². The zero-order chi connectivity index (χ0) is 11.7. The van der Waals surface area contributed by atoms with E-state index in [2.05, 4.69) is 6.58 Å². The number of halogens is 1. The highest BCUT2D eigenvalue weighted by Gasteiger charge is 2.26. The van der Waals surface area contributed by atoms with Gasteiger partial charge >= 0.3 is 0 Å². The minimum atomic E-state index is -0.745. The predicted molar refractivity (Wildman–Crippen MR) is 59.6 cm³/mol. The van der Waals surface area contributed by atoms with Gasteiger partial charge in [-0.1, -0.05) is 6.58 Å². The standard InChI is InChI=1S/C12H14FNO2/c1-3-16-8(2)9-6-11(13)12(15)14(7-9)10-4-5-10/h6-7,10H,2-5H2,1H3. The van der Waals surface area contributed by atoms with E-state index in [1.807, 2.05) is 6.92 Å². The molecule has 0 unspecified atom stereocenters. The largest absolute Gasteiger partial charge is 0.494 e. The van der Waals surface area contributed by atoms with Crippen molar-refractivity contribution in [2.45, 2.75) is 25.8 Å². The van der Waals surface area contributed by atoms with Crippen molar-refractivity contribution < 1.29 is 9.13 Å². The molecule has 0 radical (unpaired) electrons. The molecule has 1 saturated carbocycles. The average Bonchev–Trinajstić information content (AvgIpc) is 3.06. The van der Waals surface area contributed by atoms with Crippen molar-refractivity contribution in [3.63, 3.8) is 0 Å². The molecule has 0 bridgehead atoms. The second kappa shape index (κ2) is 4.12. The molecule has 3 nitrogen and oxygen atoms in total. The maximum absolute atomic E-state index is 13.4. The summed E-state index contributed by atoms with van der Waals surface area (Å²) in [7, 11) is 0. The molecular weight excluding hydrogens is 209 g/mol. The summed E-state index contributed by atoms with van der Waals surface area (Å²) in [5.74, 6) is -0.346. The Kier molecular flexibility index (Phi) is 2.81. The van der Waals surface area contributed by atoms with Crippen LogP contribution in [0.3, 0.4) is 0 Å². The van der Waals surface area contributed by atoms with Gasteiger partial charge < -0.3 is 9.30 Å². The molecule has 1 aromatic heterocycles. The number of ether oxygens (including phenoxy) is 1. The Bertz CT molecular complexity index is 474. The van der Waals surface area contributed by atoms with E-state index in [4.69, 9.17) is 4.74 Å². The van der Waals surface area contributed by atoms with Crippen LogP contribution in [0.4, 0.5) is 4.39 Å². The normalized spacial score (nSPS) is 14.9. The van der Waals surface area contributed by atoms with Crippen molar-refractivity contribution in [1.29, 1.82) is 0 Å². The Morgan fingerprint density at radius 3 is 2.94 bits per heavy atom. The van der Waals surface area contributed by atoms with Crippen LogP contribution in [0.2, 0.25) is 0 Å². The number of hydrogen-bond acceptors (Lipinski definition) is 2. The molecule has 1 aromatic rings. The van der Waals surface area contributed by atoms with Crippen molar-refractivity contribution >= 4 is 5.76 Å². The molecular formula is C12H14FNO2. The summed E-state index contributed by atoms with van der Waals surface area (Å²) in [5.41, 5.74) is -0.0265. The summed E-state index contributed by atoms with van der Waals surface area (Å²) in [6.07, 6.45) is 3.49. The first-order valence-electron chi connectivity index (χ1n) is 5.37. The fourth-order valence-corrected chi connectivity index (χ4v) is 1.60. The fraction of sp³-hybridized carbons (Fsp3) is 0.417. The Morgan fingerprint density at radius 2 is 2.38 bits per heavy atom. The summed E-state index contributed by atoms with van der Waals surface area (Å²) in [6.45, 7) is 6.01. The SMILES string of the molecule is C=C(OCC)c1cc(F)c(=O)n(C2CC2)c1. The molecule has 1 fully saturated rings. The molecule has 0 amide bonds. The van der Waals surface area contributed by atoms with Gasteiger partial charge in [-0.05, 0) is 25.8 Å². The van der Waals surface area contributed by atoms with E-state index in [0.29, 0.717) is 17.9 Å². The minimum Gasteiger partial charge on any atom is -0.494 e. The van der Waals surface area contributed by atoms with E-state index in [1.165, 1.54) is 10.6 Å². The minimum absolute atomic E-state index is 0.149. The molecule has 2 rings (SSSR count). The van der Waals surface area contributed by atoms with E-state index in [0.717, 1.165) is 12.8 Å². The molecule has 0 aliphatic heterocycles. The third kappa shape index (κ3) is 2.01. The highest BCUT2D eigenvalue weighted by molar-refractivity contribution is 5.56. The highest BCUT2D eigenvalue weighted by atomic mass is 19.1. The van der Waals surface area contributed by atoms with Crippen molar-refractivity contribution in [3.8, 4) is 0 Å². The first-order chi connectivity index (χ1) is 7.63. The number of rotatable bonds is 4. The summed E-state index contributed by atoms with van der Waals surface area (Å²) in [6, 6.07) is 1.33. The monoisotopic (exact) mass is 223 g/mol. The molecule has 0 saturated heterocycles. The summed E-state index contributed by atoms with van der Waals surface area (Å²) in [5, 5.41) is 0. The number of aromatic nitrogens is 1. The molecule has 1 aliphatic rings. The lowest BCUT2D eigenvalue weighted by atomic mass is 10.2. The van der Waals surface area contributed by atoms with Gasteiger partial charge in [0.2, 0.25) is 0 Å². The summed E-state index contributed by atoms with van der Waals surface area (Å²) >= 11 is 0. The smallest absolute Gasteiger partial charge is 0.286 e. The van der Waals surface area contributed by atoms with Crippen LogP contribution in [0.15, 0.2) is 23.6 Å². The summed E-state index contributed by atoms with van der Waals surface area (Å²) < 4.78 is 20.0. The number of nitrogens with zero attached hydrogens (tertiary/aromatic N) is 1. The van der Waals surface area contributed by atoms with Crippen molar-refractivity contribution in [1.82, 2.24) is 4.57 Å². The number of hydrogen-bond donors (Lipinski definition) is 0. The van der Waals surface area contributed by atoms with Gasteiger partial charge in [0.1, 0.15) is 5.76 Å². The van der Waals surface area contributed by atoms with Crippen molar-refractivity contribution in [3.05, 3.63) is 40.6 Å². The maximum atomic E-state index is 13.4. The van der Waals surface area contributed by atoms with E-state index in [-0.39, 0.29) is 6.04 Å². The molecule has 0 spiro atoms. The van der Waals surface area contributed by atoms with Crippen molar-refractivity contribution in [2.75, 3.05) is 6.61 Å². The lowest BCUT2D eigenvalue weighted by Gasteiger charge is -2.10. The van der Waals surface area contributed by atoms with Gasteiger partial charge in [-0.2, -0.15) is 0 Å². The van der Waals surface area contributed by atoms with E-state index < -0.39 is 11.4 Å². The van der Waals surface area contributed by atoms with E-state index in [9.17, 15) is 9.18 Å². The molecule has 86 valence electrons. The zero-order valence-electron chi connectivity index (χ0n) is 9.20. The topological polar surface area (TPSA) is 31.2 Å². The maximum Gasteiger partial charge on any atom is 0.286 e. The number of pyridine rings is 1. The van der Waals surface area contributed by atoms with Gasteiger partial charge in [0.15, 0.2) is 5.82 Å². The van der Waals surface area contributed by atoms with E-state index in [1.54, 1.807) is 6.20 Å². The Labute approximate surface area is 93.2 Å². The first kappa shape index (κ1) is 10.9. The van der Waals surface area contributed by atoms with Gasteiger partial charge in [0, 0.05) is 17.8 Å². The zero-order valence-corrected chi connectivity index (χ0v) is 9.20. The lowest BCUT2D eigenvalue weighted by Crippen LogP contribution is -2.22. The average molecular weight is 223 g/mol. The van der Waals surface area contributed by atoms with Crippen LogP contribution < -0.4 is 5.56 Å². The van der Waals surface area contributed by atoms with Crippen molar-refractivity contribution in [2.24, 2.45) is 0 Å². The van der Waals surface area contributed by atoms with Crippen LogP contribution in [-0.4, -0.2) is 11.2 Å². The predicted octanol–water partition coefficient (Wildman–Crippen LogP) is 2.33. The van der Waals surface area contributed by atoms with Crippen LogP contribution in [0.5, 0.6) is 0 Å². The lowest BCUT2D eigenvalue weighted by molar-refractivity contribution is 0.298. The highest BCUT2D eigenvalue weighted by Crippen LogP contribution is 2.34. The second-order valence-electron chi connectivity index (χ2n) is 3.88. The van der Waals surface area contributed by atoms with Gasteiger partial charge in [0.25, 0.3) is 5.56 Å². The third-order valence-corrected chi connectivity index (χ3v) is 2.58. The molecule has 4 heteroatoms. The fourth-order valence-electron chi connectivity index (χ4n) is 1.60. The quantitative estimate of drug-likeness (QED) is 0.733. The van der Waals surface area contributed by atoms with Crippen LogP contribution in [0.1, 0.15) is 31.4 Å². The molecule has 0 aromatic carbocycles. The summed E-state index contributed by atoms with van der Waals surface area (Å²) in [4.78, 5) is 11.5. The van der Waals surface area contributed by atoms with Crippen LogP contribution >= 0.6 is 0 Å². The second-order valence-corrected chi connectivity index (χ2v) is 3.88. The first-order valence-corrected chi connectivity index (χ1v) is 5.37. The van der Waals surface area contributed by atoms with E-state index >= 15 is 0 Å². The Hall–Kier alpha value is -1.58. The Balaban J connectivity index is 2.40. The molecule has 1 aliphatic carbocycles. The molecule has 1 heterocycles. The Morgan fingerprint density at radius 1 is 1.69 bits per heavy atom. The van der Waals surface area contributed by atoms with Gasteiger partial charge in [-0.25, -0.2) is 4.39 Å². The molecule has 16 heavy (non-hydrogen) atoms. The van der Waals surface area contributed by atoms with Crippen LogP contribution in [0, 0.1) is 5.82 Å². The van der Waals surface area contributed by atoms with Gasteiger partial charge in [0.05, 0.1) is 6.61 Å². The van der Waals surface area contributed by atoms with Gasteiger partial charge in [-0.3, -0.25) is 4.79 Å². The molecule has 0 N–H and O–H groups in total. The van der Waals surface area contributed by atoms with Crippen LogP contribution in [-0.2, 0) is 4.74 Å². The van der Waals surface area contributed by atoms with Gasteiger partial charge in [-0.15, -0.1) is 0 Å². The molecule has 0 atom stereocenters.